The van der Waals surface area contributed by atoms with Crippen LogP contribution in [0.4, 0.5) is 0 Å². The SMILES string of the molecule is CN(C)CCCNC(=O)c1ccc([C@@H]2SCC(=O)N2Cc2ccc(Cl)cc2)cc1. The third kappa shape index (κ3) is 5.98. The minimum absolute atomic E-state index is 0.0459. The van der Waals surface area contributed by atoms with Crippen molar-refractivity contribution in [3.63, 3.8) is 0 Å². The van der Waals surface area contributed by atoms with Crippen molar-refractivity contribution in [2.45, 2.75) is 18.3 Å². The van der Waals surface area contributed by atoms with Crippen molar-refractivity contribution in [3.8, 4) is 0 Å². The molecule has 2 amide bonds. The molecule has 1 heterocycles. The first kappa shape index (κ1) is 21.7. The van der Waals surface area contributed by atoms with E-state index in [1.165, 1.54) is 0 Å². The molecule has 1 aliphatic rings. The molecule has 3 rings (SSSR count). The Morgan fingerprint density at radius 3 is 2.52 bits per heavy atom. The Morgan fingerprint density at radius 1 is 1.17 bits per heavy atom. The topological polar surface area (TPSA) is 52.7 Å². The molecule has 5 nitrogen and oxygen atoms in total. The van der Waals surface area contributed by atoms with E-state index in [1.807, 2.05) is 67.5 Å². The zero-order chi connectivity index (χ0) is 20.8. The second kappa shape index (κ2) is 10.1. The lowest BCUT2D eigenvalue weighted by atomic mass is 10.1. The quantitative estimate of drug-likeness (QED) is 0.646. The molecule has 1 fully saturated rings. The van der Waals surface area contributed by atoms with Crippen LogP contribution in [-0.2, 0) is 11.3 Å². The Bertz CT molecular complexity index is 840. The van der Waals surface area contributed by atoms with Gasteiger partial charge in [0.2, 0.25) is 5.91 Å². The molecule has 29 heavy (non-hydrogen) atoms. The number of thioether (sulfide) groups is 1. The van der Waals surface area contributed by atoms with Crippen LogP contribution in [0.25, 0.3) is 0 Å². The molecule has 0 aromatic heterocycles. The van der Waals surface area contributed by atoms with Crippen LogP contribution in [0.5, 0.6) is 0 Å². The van der Waals surface area contributed by atoms with Crippen molar-refractivity contribution in [2.75, 3.05) is 32.9 Å². The van der Waals surface area contributed by atoms with Crippen LogP contribution < -0.4 is 5.32 Å². The Hall–Kier alpha value is -2.02. The van der Waals surface area contributed by atoms with Gasteiger partial charge in [0.15, 0.2) is 0 Å². The van der Waals surface area contributed by atoms with Crippen LogP contribution in [-0.4, -0.2) is 54.6 Å². The highest BCUT2D eigenvalue weighted by Crippen LogP contribution is 2.39. The molecule has 0 spiro atoms. The monoisotopic (exact) mass is 431 g/mol. The smallest absolute Gasteiger partial charge is 0.251 e. The van der Waals surface area contributed by atoms with Crippen molar-refractivity contribution < 1.29 is 9.59 Å². The summed E-state index contributed by atoms with van der Waals surface area (Å²) < 4.78 is 0. The van der Waals surface area contributed by atoms with Gasteiger partial charge in [0.1, 0.15) is 5.37 Å². The van der Waals surface area contributed by atoms with E-state index >= 15 is 0 Å². The summed E-state index contributed by atoms with van der Waals surface area (Å²) in [7, 11) is 4.03. The van der Waals surface area contributed by atoms with Crippen LogP contribution in [0.2, 0.25) is 5.02 Å². The number of nitrogens with one attached hydrogen (secondary N) is 1. The molecule has 1 saturated heterocycles. The van der Waals surface area contributed by atoms with Gasteiger partial charge in [-0.15, -0.1) is 11.8 Å². The first-order chi connectivity index (χ1) is 13.9. The number of carbonyl (C=O) groups excluding carboxylic acids is 2. The molecule has 1 atom stereocenters. The van der Waals surface area contributed by atoms with E-state index in [4.69, 9.17) is 11.6 Å². The molecular weight excluding hydrogens is 406 g/mol. The van der Waals surface area contributed by atoms with E-state index in [-0.39, 0.29) is 17.2 Å². The Labute approximate surface area is 181 Å². The van der Waals surface area contributed by atoms with Gasteiger partial charge in [-0.2, -0.15) is 0 Å². The summed E-state index contributed by atoms with van der Waals surface area (Å²) in [6.07, 6.45) is 0.914. The third-order valence-corrected chi connectivity index (χ3v) is 6.27. The zero-order valence-electron chi connectivity index (χ0n) is 16.7. The number of hydrogen-bond donors (Lipinski definition) is 1. The first-order valence-corrected chi connectivity index (χ1v) is 11.0. The van der Waals surface area contributed by atoms with Gasteiger partial charge in [-0.25, -0.2) is 0 Å². The fraction of sp³-hybridized carbons (Fsp3) is 0.364. The molecule has 2 aromatic rings. The summed E-state index contributed by atoms with van der Waals surface area (Å²) in [4.78, 5) is 28.7. The number of amides is 2. The maximum Gasteiger partial charge on any atom is 0.251 e. The standard InChI is InChI=1S/C22H26ClN3O2S/c1-25(2)13-3-12-24-21(28)17-6-8-18(9-7-17)22-26(20(27)15-29-22)14-16-4-10-19(23)11-5-16/h4-11,22H,3,12-15H2,1-2H3,(H,24,28)/t22-/m0/s1. The van der Waals surface area contributed by atoms with Crippen molar-refractivity contribution in [2.24, 2.45) is 0 Å². The summed E-state index contributed by atoms with van der Waals surface area (Å²) in [5.74, 6) is 0.521. The van der Waals surface area contributed by atoms with Crippen LogP contribution >= 0.6 is 23.4 Å². The molecule has 1 N–H and O–H groups in total. The molecule has 7 heteroatoms. The lowest BCUT2D eigenvalue weighted by Crippen LogP contribution is -2.28. The zero-order valence-corrected chi connectivity index (χ0v) is 18.3. The van der Waals surface area contributed by atoms with Crippen molar-refractivity contribution in [1.82, 2.24) is 15.1 Å². The third-order valence-electron chi connectivity index (χ3n) is 4.76. The maximum atomic E-state index is 12.4. The fourth-order valence-corrected chi connectivity index (χ4v) is 4.50. The normalized spacial score (nSPS) is 16.5. The van der Waals surface area contributed by atoms with E-state index in [0.717, 1.165) is 24.1 Å². The van der Waals surface area contributed by atoms with Gasteiger partial charge in [-0.3, -0.25) is 9.59 Å². The molecule has 0 radical (unpaired) electrons. The van der Waals surface area contributed by atoms with Crippen LogP contribution in [0.3, 0.4) is 0 Å². The number of halogens is 1. The van der Waals surface area contributed by atoms with Gasteiger partial charge >= 0.3 is 0 Å². The molecule has 2 aromatic carbocycles. The molecular formula is C22H26ClN3O2S. The van der Waals surface area contributed by atoms with Gasteiger partial charge in [0.25, 0.3) is 5.91 Å². The summed E-state index contributed by atoms with van der Waals surface area (Å²) in [5.41, 5.74) is 2.71. The summed E-state index contributed by atoms with van der Waals surface area (Å²) in [6, 6.07) is 15.1. The minimum Gasteiger partial charge on any atom is -0.352 e. The van der Waals surface area contributed by atoms with E-state index in [0.29, 0.717) is 29.4 Å². The molecule has 0 saturated carbocycles. The highest BCUT2D eigenvalue weighted by atomic mass is 35.5. The first-order valence-electron chi connectivity index (χ1n) is 9.62. The minimum atomic E-state index is -0.0662. The second-order valence-electron chi connectivity index (χ2n) is 7.35. The number of nitrogens with zero attached hydrogens (tertiary/aromatic N) is 2. The molecule has 1 aliphatic heterocycles. The summed E-state index contributed by atoms with van der Waals surface area (Å²) in [5, 5.41) is 3.59. The van der Waals surface area contributed by atoms with Crippen LogP contribution in [0, 0.1) is 0 Å². The van der Waals surface area contributed by atoms with Gasteiger partial charge in [-0.05, 0) is 62.5 Å². The Morgan fingerprint density at radius 2 is 1.86 bits per heavy atom. The van der Waals surface area contributed by atoms with Gasteiger partial charge in [-0.1, -0.05) is 35.9 Å². The van der Waals surface area contributed by atoms with Crippen molar-refractivity contribution in [3.05, 3.63) is 70.2 Å². The number of benzene rings is 2. The average molecular weight is 432 g/mol. The maximum absolute atomic E-state index is 12.4. The highest BCUT2D eigenvalue weighted by Gasteiger charge is 2.32. The number of carbonyl (C=O) groups is 2. The Kier molecular flexibility index (Phi) is 7.58. The Balaban J connectivity index is 1.62. The highest BCUT2D eigenvalue weighted by molar-refractivity contribution is 8.00. The fourth-order valence-electron chi connectivity index (χ4n) is 3.19. The molecule has 0 aliphatic carbocycles. The van der Waals surface area contributed by atoms with Gasteiger partial charge in [0.05, 0.1) is 5.75 Å². The number of hydrogen-bond acceptors (Lipinski definition) is 4. The largest absolute Gasteiger partial charge is 0.352 e. The van der Waals surface area contributed by atoms with Crippen molar-refractivity contribution in [1.29, 1.82) is 0 Å². The van der Waals surface area contributed by atoms with E-state index < -0.39 is 0 Å². The summed E-state index contributed by atoms with van der Waals surface area (Å²) in [6.45, 7) is 2.14. The van der Waals surface area contributed by atoms with E-state index in [2.05, 4.69) is 10.2 Å². The lowest BCUT2D eigenvalue weighted by Gasteiger charge is -2.24. The van der Waals surface area contributed by atoms with Crippen LogP contribution in [0.15, 0.2) is 48.5 Å². The predicted molar refractivity (Wildman–Crippen MR) is 119 cm³/mol. The summed E-state index contributed by atoms with van der Waals surface area (Å²) >= 11 is 7.57. The van der Waals surface area contributed by atoms with Crippen molar-refractivity contribution >= 4 is 35.2 Å². The second-order valence-corrected chi connectivity index (χ2v) is 8.85. The average Bonchev–Trinajstić information content (AvgIpc) is 3.07. The molecule has 0 bridgehead atoms. The van der Waals surface area contributed by atoms with E-state index in [1.54, 1.807) is 11.8 Å². The number of rotatable bonds is 8. The van der Waals surface area contributed by atoms with Gasteiger partial charge < -0.3 is 15.1 Å². The van der Waals surface area contributed by atoms with Crippen LogP contribution in [0.1, 0.15) is 33.3 Å². The molecule has 0 unspecified atom stereocenters. The molecule has 154 valence electrons. The lowest BCUT2D eigenvalue weighted by molar-refractivity contribution is -0.128. The predicted octanol–water partition coefficient (Wildman–Crippen LogP) is 3.80. The van der Waals surface area contributed by atoms with E-state index in [9.17, 15) is 9.59 Å². The van der Waals surface area contributed by atoms with Gasteiger partial charge in [0, 0.05) is 23.7 Å².